The topological polar surface area (TPSA) is 23.5 Å². The predicted molar refractivity (Wildman–Crippen MR) is 102 cm³/mol. The number of phenolic OH excluding ortho intramolecular Hbond substituents is 1. The molecule has 0 saturated carbocycles. The fourth-order valence-corrected chi connectivity index (χ4v) is 3.45. The number of aryl methyl sites for hydroxylation is 1. The van der Waals surface area contributed by atoms with Crippen LogP contribution in [0.5, 0.6) is 5.75 Å². The van der Waals surface area contributed by atoms with E-state index in [1.807, 2.05) is 12.1 Å². The second kappa shape index (κ2) is 7.88. The molecule has 24 heavy (non-hydrogen) atoms. The van der Waals surface area contributed by atoms with Gasteiger partial charge in [0.25, 0.3) is 0 Å². The molecular weight excluding hydrogens is 362 g/mol. The predicted octanol–water partition coefficient (Wildman–Crippen LogP) is 5.04. The Hall–Kier alpha value is -1.76. The first-order valence-corrected chi connectivity index (χ1v) is 9.23. The molecule has 1 saturated heterocycles. The fraction of sp³-hybridized carbons (Fsp3) is 0.333. The van der Waals surface area contributed by atoms with E-state index in [0.717, 1.165) is 28.7 Å². The number of halogens is 1. The zero-order chi connectivity index (χ0) is 16.9. The van der Waals surface area contributed by atoms with E-state index in [1.165, 1.54) is 24.8 Å². The van der Waals surface area contributed by atoms with Crippen LogP contribution in [0.3, 0.4) is 0 Å². The zero-order valence-corrected chi connectivity index (χ0v) is 15.5. The van der Waals surface area contributed by atoms with Gasteiger partial charge in [-0.15, -0.1) is 0 Å². The molecule has 1 unspecified atom stereocenters. The van der Waals surface area contributed by atoms with Gasteiger partial charge in [0.15, 0.2) is 0 Å². The highest BCUT2D eigenvalue weighted by Crippen LogP contribution is 2.32. The summed E-state index contributed by atoms with van der Waals surface area (Å²) in [4.78, 5) is 2.38. The molecule has 2 aromatic rings. The van der Waals surface area contributed by atoms with Crippen molar-refractivity contribution >= 4 is 15.9 Å². The highest BCUT2D eigenvalue weighted by molar-refractivity contribution is 9.10. The van der Waals surface area contributed by atoms with Gasteiger partial charge >= 0.3 is 0 Å². The molecular formula is C21H22BrNO. The van der Waals surface area contributed by atoms with Crippen molar-refractivity contribution in [3.8, 4) is 17.6 Å². The van der Waals surface area contributed by atoms with Crippen LogP contribution in [0, 0.1) is 18.8 Å². The quantitative estimate of drug-likeness (QED) is 0.734. The van der Waals surface area contributed by atoms with E-state index < -0.39 is 0 Å². The van der Waals surface area contributed by atoms with Gasteiger partial charge < -0.3 is 5.11 Å². The lowest BCUT2D eigenvalue weighted by Crippen LogP contribution is -2.33. The number of hydrogen-bond donors (Lipinski definition) is 1. The van der Waals surface area contributed by atoms with Gasteiger partial charge in [0.05, 0.1) is 0 Å². The van der Waals surface area contributed by atoms with Crippen molar-refractivity contribution in [1.82, 2.24) is 4.90 Å². The molecule has 0 amide bonds. The summed E-state index contributed by atoms with van der Waals surface area (Å²) in [6, 6.07) is 13.8. The van der Waals surface area contributed by atoms with Crippen LogP contribution < -0.4 is 0 Å². The summed E-state index contributed by atoms with van der Waals surface area (Å²) in [5.74, 6) is 7.01. The average Bonchev–Trinajstić information content (AvgIpc) is 2.60. The average molecular weight is 384 g/mol. The molecule has 1 aliphatic heterocycles. The summed E-state index contributed by atoms with van der Waals surface area (Å²) in [7, 11) is 0. The minimum absolute atomic E-state index is 0.0795. The molecule has 0 aliphatic carbocycles. The molecule has 124 valence electrons. The lowest BCUT2D eigenvalue weighted by atomic mass is 10.0. The third-order valence-electron chi connectivity index (χ3n) is 4.44. The van der Waals surface area contributed by atoms with Crippen molar-refractivity contribution in [2.75, 3.05) is 13.1 Å². The second-order valence-corrected chi connectivity index (χ2v) is 7.25. The van der Waals surface area contributed by atoms with Crippen molar-refractivity contribution in [3.05, 3.63) is 63.6 Å². The van der Waals surface area contributed by atoms with Crippen LogP contribution in [-0.4, -0.2) is 23.1 Å². The maximum absolute atomic E-state index is 10.4. The minimum Gasteiger partial charge on any atom is -0.508 e. The number of nitrogens with zero attached hydrogens (tertiary/aromatic N) is 1. The summed E-state index contributed by atoms with van der Waals surface area (Å²) in [5, 5.41) is 10.4. The Balaban J connectivity index is 1.96. The van der Waals surface area contributed by atoms with Gasteiger partial charge in [0.1, 0.15) is 11.8 Å². The Bertz CT molecular complexity index is 752. The molecule has 0 spiro atoms. The van der Waals surface area contributed by atoms with E-state index >= 15 is 0 Å². The molecule has 2 aromatic carbocycles. The smallest absolute Gasteiger partial charge is 0.121 e. The number of hydrogen-bond acceptors (Lipinski definition) is 2. The molecule has 1 atom stereocenters. The first-order valence-electron chi connectivity index (χ1n) is 8.44. The Labute approximate surface area is 152 Å². The SMILES string of the molecule is Cc1ccc(C#CC(c2cc(Br)ccc2O)N2CCCCC2)cc1. The summed E-state index contributed by atoms with van der Waals surface area (Å²) in [5.41, 5.74) is 3.13. The van der Waals surface area contributed by atoms with Crippen LogP contribution in [0.2, 0.25) is 0 Å². The van der Waals surface area contributed by atoms with Crippen LogP contribution in [-0.2, 0) is 0 Å². The first-order chi connectivity index (χ1) is 11.6. The van der Waals surface area contributed by atoms with Crippen LogP contribution in [0.25, 0.3) is 0 Å². The molecule has 2 nitrogen and oxygen atoms in total. The largest absolute Gasteiger partial charge is 0.508 e. The molecule has 1 fully saturated rings. The van der Waals surface area contributed by atoms with Gasteiger partial charge in [0.2, 0.25) is 0 Å². The maximum atomic E-state index is 10.4. The van der Waals surface area contributed by atoms with Crippen molar-refractivity contribution in [2.45, 2.75) is 32.2 Å². The minimum atomic E-state index is -0.0795. The van der Waals surface area contributed by atoms with Crippen LogP contribution in [0.15, 0.2) is 46.9 Å². The Morgan fingerprint density at radius 3 is 2.46 bits per heavy atom. The van der Waals surface area contributed by atoms with E-state index in [9.17, 15) is 5.11 Å². The lowest BCUT2D eigenvalue weighted by Gasteiger charge is -2.32. The summed E-state index contributed by atoms with van der Waals surface area (Å²) in [6.07, 6.45) is 3.66. The van der Waals surface area contributed by atoms with Crippen molar-refractivity contribution in [1.29, 1.82) is 0 Å². The number of phenols is 1. The number of benzene rings is 2. The Morgan fingerprint density at radius 2 is 1.75 bits per heavy atom. The van der Waals surface area contributed by atoms with Crippen LogP contribution in [0.1, 0.15) is 42.0 Å². The van der Waals surface area contributed by atoms with Gasteiger partial charge in [-0.25, -0.2) is 0 Å². The molecule has 1 heterocycles. The number of likely N-dealkylation sites (tertiary alicyclic amines) is 1. The van der Waals surface area contributed by atoms with E-state index in [4.69, 9.17) is 0 Å². The van der Waals surface area contributed by atoms with Crippen LogP contribution >= 0.6 is 15.9 Å². The highest BCUT2D eigenvalue weighted by Gasteiger charge is 2.23. The Kier molecular flexibility index (Phi) is 5.60. The zero-order valence-electron chi connectivity index (χ0n) is 13.9. The van der Waals surface area contributed by atoms with Crippen molar-refractivity contribution < 1.29 is 5.11 Å². The third-order valence-corrected chi connectivity index (χ3v) is 4.94. The van der Waals surface area contributed by atoms with Crippen molar-refractivity contribution in [3.63, 3.8) is 0 Å². The monoisotopic (exact) mass is 383 g/mol. The number of aromatic hydroxyl groups is 1. The summed E-state index contributed by atoms with van der Waals surface area (Å²) >= 11 is 3.51. The van der Waals surface area contributed by atoms with Crippen LogP contribution in [0.4, 0.5) is 0 Å². The number of piperidine rings is 1. The van der Waals surface area contributed by atoms with Crippen molar-refractivity contribution in [2.24, 2.45) is 0 Å². The van der Waals surface area contributed by atoms with E-state index in [0.29, 0.717) is 5.75 Å². The third kappa shape index (κ3) is 4.20. The molecule has 3 heteroatoms. The molecule has 1 aliphatic rings. The van der Waals surface area contributed by atoms with E-state index in [-0.39, 0.29) is 6.04 Å². The standard InChI is InChI=1S/C21H22BrNO/c1-16-5-7-17(8-6-16)9-11-20(23-13-3-2-4-14-23)19-15-18(22)10-12-21(19)24/h5-8,10,12,15,20,24H,2-4,13-14H2,1H3. The lowest BCUT2D eigenvalue weighted by molar-refractivity contribution is 0.195. The summed E-state index contributed by atoms with van der Waals surface area (Å²) in [6.45, 7) is 4.13. The molecule has 3 rings (SSSR count). The van der Waals surface area contributed by atoms with Gasteiger partial charge in [-0.1, -0.05) is 51.9 Å². The van der Waals surface area contributed by atoms with Gasteiger partial charge in [-0.05, 0) is 63.2 Å². The molecule has 0 bridgehead atoms. The molecule has 0 radical (unpaired) electrons. The van der Waals surface area contributed by atoms with Gasteiger partial charge in [0, 0.05) is 15.6 Å². The normalized spacial score (nSPS) is 16.2. The van der Waals surface area contributed by atoms with Gasteiger partial charge in [-0.2, -0.15) is 0 Å². The summed E-state index contributed by atoms with van der Waals surface area (Å²) < 4.78 is 0.967. The maximum Gasteiger partial charge on any atom is 0.121 e. The van der Waals surface area contributed by atoms with E-state index in [1.54, 1.807) is 6.07 Å². The molecule has 1 N–H and O–H groups in total. The highest BCUT2D eigenvalue weighted by atomic mass is 79.9. The Morgan fingerprint density at radius 1 is 1.04 bits per heavy atom. The molecule has 0 aromatic heterocycles. The van der Waals surface area contributed by atoms with E-state index in [2.05, 4.69) is 63.9 Å². The fourth-order valence-electron chi connectivity index (χ4n) is 3.08. The first kappa shape index (κ1) is 17.1. The number of rotatable bonds is 2. The van der Waals surface area contributed by atoms with Gasteiger partial charge in [-0.3, -0.25) is 4.90 Å². The second-order valence-electron chi connectivity index (χ2n) is 6.34.